The van der Waals surface area contributed by atoms with Gasteiger partial charge >= 0.3 is 0 Å². The van der Waals surface area contributed by atoms with E-state index in [9.17, 15) is 4.79 Å². The third kappa shape index (κ3) is 3.82. The number of piperidine rings is 1. The van der Waals surface area contributed by atoms with E-state index in [1.54, 1.807) is 13.2 Å². The number of rotatable bonds is 4. The first-order chi connectivity index (χ1) is 10.0. The standard InChI is InChI=1S/C16H23ClN2O2/c1-11-8-14(15(21-3)9-13(11)17)18-10-16(20)19-7-5-4-6-12(19)2/h8-9,12,18H,4-7,10H2,1-3H3. The SMILES string of the molecule is COc1cc(Cl)c(C)cc1NCC(=O)N1CCCCC1C. The van der Waals surface area contributed by atoms with Gasteiger partial charge in [0.1, 0.15) is 5.75 Å². The minimum absolute atomic E-state index is 0.136. The maximum Gasteiger partial charge on any atom is 0.242 e. The second kappa shape index (κ2) is 7.03. The fraction of sp³-hybridized carbons (Fsp3) is 0.562. The van der Waals surface area contributed by atoms with E-state index in [1.165, 1.54) is 6.42 Å². The number of likely N-dealkylation sites (tertiary alicyclic amines) is 1. The lowest BCUT2D eigenvalue weighted by Gasteiger charge is -2.33. The van der Waals surface area contributed by atoms with Crippen molar-refractivity contribution in [2.45, 2.75) is 39.2 Å². The molecule has 0 saturated carbocycles. The lowest BCUT2D eigenvalue weighted by atomic mass is 10.0. The molecule has 1 aliphatic heterocycles. The van der Waals surface area contributed by atoms with Crippen molar-refractivity contribution in [3.63, 3.8) is 0 Å². The van der Waals surface area contributed by atoms with Gasteiger partial charge < -0.3 is 15.0 Å². The van der Waals surface area contributed by atoms with Crippen molar-refractivity contribution in [1.29, 1.82) is 0 Å². The second-order valence-electron chi connectivity index (χ2n) is 5.59. The van der Waals surface area contributed by atoms with E-state index in [0.29, 0.717) is 16.8 Å². The number of aryl methyl sites for hydroxylation is 1. The van der Waals surface area contributed by atoms with Crippen LogP contribution < -0.4 is 10.1 Å². The van der Waals surface area contributed by atoms with Crippen molar-refractivity contribution in [2.75, 3.05) is 25.5 Å². The Hall–Kier alpha value is -1.42. The number of anilines is 1. The van der Waals surface area contributed by atoms with Gasteiger partial charge in [0.05, 0.1) is 19.3 Å². The summed E-state index contributed by atoms with van der Waals surface area (Å²) in [6.07, 6.45) is 3.40. The average Bonchev–Trinajstić information content (AvgIpc) is 2.48. The van der Waals surface area contributed by atoms with Crippen LogP contribution in [0.5, 0.6) is 5.75 Å². The predicted molar refractivity (Wildman–Crippen MR) is 86.3 cm³/mol. The first kappa shape index (κ1) is 16.0. The van der Waals surface area contributed by atoms with Crippen LogP contribution in [0.4, 0.5) is 5.69 Å². The number of carbonyl (C=O) groups excluding carboxylic acids is 1. The maximum absolute atomic E-state index is 12.3. The van der Waals surface area contributed by atoms with Gasteiger partial charge in [-0.2, -0.15) is 0 Å². The van der Waals surface area contributed by atoms with Crippen LogP contribution in [0.25, 0.3) is 0 Å². The van der Waals surface area contributed by atoms with Crippen LogP contribution >= 0.6 is 11.6 Å². The summed E-state index contributed by atoms with van der Waals surface area (Å²) in [5.41, 5.74) is 1.76. The third-order valence-electron chi connectivity index (χ3n) is 4.03. The van der Waals surface area contributed by atoms with Crippen LogP contribution in [0.15, 0.2) is 12.1 Å². The highest BCUT2D eigenvalue weighted by atomic mass is 35.5. The van der Waals surface area contributed by atoms with Gasteiger partial charge in [0.25, 0.3) is 0 Å². The topological polar surface area (TPSA) is 41.6 Å². The van der Waals surface area contributed by atoms with Crippen LogP contribution in [-0.2, 0) is 4.79 Å². The number of nitrogens with zero attached hydrogens (tertiary/aromatic N) is 1. The Morgan fingerprint density at radius 1 is 1.48 bits per heavy atom. The van der Waals surface area contributed by atoms with Gasteiger partial charge in [-0.3, -0.25) is 4.79 Å². The summed E-state index contributed by atoms with van der Waals surface area (Å²) in [7, 11) is 1.60. The first-order valence-corrected chi connectivity index (χ1v) is 7.78. The van der Waals surface area contributed by atoms with Crippen LogP contribution in [0, 0.1) is 6.92 Å². The number of amides is 1. The number of benzene rings is 1. The maximum atomic E-state index is 12.3. The molecule has 1 fully saturated rings. The Bertz CT molecular complexity index is 519. The van der Waals surface area contributed by atoms with Gasteiger partial charge in [-0.15, -0.1) is 0 Å². The molecule has 0 aromatic heterocycles. The zero-order chi connectivity index (χ0) is 15.4. The Morgan fingerprint density at radius 2 is 2.24 bits per heavy atom. The summed E-state index contributed by atoms with van der Waals surface area (Å²) in [6.45, 7) is 5.19. The molecule has 1 aromatic carbocycles. The number of halogens is 1. The summed E-state index contributed by atoms with van der Waals surface area (Å²) in [4.78, 5) is 14.3. The van der Waals surface area contributed by atoms with E-state index in [4.69, 9.17) is 16.3 Å². The first-order valence-electron chi connectivity index (χ1n) is 7.40. The molecule has 0 radical (unpaired) electrons. The third-order valence-corrected chi connectivity index (χ3v) is 4.44. The minimum Gasteiger partial charge on any atom is -0.495 e. The number of carbonyl (C=O) groups is 1. The van der Waals surface area contributed by atoms with Gasteiger partial charge in [-0.05, 0) is 44.7 Å². The molecule has 0 aliphatic carbocycles. The van der Waals surface area contributed by atoms with E-state index in [0.717, 1.165) is 30.6 Å². The predicted octanol–water partition coefficient (Wildman–Crippen LogP) is 3.47. The largest absolute Gasteiger partial charge is 0.495 e. The van der Waals surface area contributed by atoms with E-state index in [1.807, 2.05) is 17.9 Å². The average molecular weight is 311 g/mol. The zero-order valence-electron chi connectivity index (χ0n) is 12.9. The highest BCUT2D eigenvalue weighted by Crippen LogP contribution is 2.30. The second-order valence-corrected chi connectivity index (χ2v) is 5.99. The lowest BCUT2D eigenvalue weighted by molar-refractivity contribution is -0.132. The molecular formula is C16H23ClN2O2. The van der Waals surface area contributed by atoms with Crippen LogP contribution in [-0.4, -0.2) is 37.0 Å². The minimum atomic E-state index is 0.136. The lowest BCUT2D eigenvalue weighted by Crippen LogP contribution is -2.44. The molecule has 1 saturated heterocycles. The Kier molecular flexibility index (Phi) is 5.34. The van der Waals surface area contributed by atoms with Crippen molar-refractivity contribution in [3.8, 4) is 5.75 Å². The molecule has 21 heavy (non-hydrogen) atoms. The van der Waals surface area contributed by atoms with Crippen molar-refractivity contribution in [3.05, 3.63) is 22.7 Å². The highest BCUT2D eigenvalue weighted by Gasteiger charge is 2.22. The molecule has 1 unspecified atom stereocenters. The highest BCUT2D eigenvalue weighted by molar-refractivity contribution is 6.31. The van der Waals surface area contributed by atoms with E-state index >= 15 is 0 Å². The fourth-order valence-electron chi connectivity index (χ4n) is 2.71. The number of ether oxygens (including phenoxy) is 1. The van der Waals surface area contributed by atoms with Gasteiger partial charge in [-0.1, -0.05) is 11.6 Å². The molecule has 1 aliphatic rings. The quantitative estimate of drug-likeness (QED) is 0.926. The Labute approximate surface area is 131 Å². The van der Waals surface area contributed by atoms with Crippen LogP contribution in [0.3, 0.4) is 0 Å². The van der Waals surface area contributed by atoms with E-state index in [-0.39, 0.29) is 12.5 Å². The molecular weight excluding hydrogens is 288 g/mol. The molecule has 1 aromatic rings. The summed E-state index contributed by atoms with van der Waals surface area (Å²) in [6, 6.07) is 4.02. The van der Waals surface area contributed by atoms with E-state index < -0.39 is 0 Å². The van der Waals surface area contributed by atoms with Crippen molar-refractivity contribution in [2.24, 2.45) is 0 Å². The molecule has 5 heteroatoms. The smallest absolute Gasteiger partial charge is 0.242 e. The zero-order valence-corrected chi connectivity index (χ0v) is 13.7. The van der Waals surface area contributed by atoms with Crippen molar-refractivity contribution in [1.82, 2.24) is 4.90 Å². The molecule has 1 N–H and O–H groups in total. The molecule has 0 bridgehead atoms. The molecule has 1 atom stereocenters. The van der Waals surface area contributed by atoms with Crippen LogP contribution in [0.1, 0.15) is 31.7 Å². The van der Waals surface area contributed by atoms with Crippen LogP contribution in [0.2, 0.25) is 5.02 Å². The summed E-state index contributed by atoms with van der Waals surface area (Å²) in [5, 5.41) is 3.84. The summed E-state index contributed by atoms with van der Waals surface area (Å²) in [5.74, 6) is 0.793. The number of hydrogen-bond donors (Lipinski definition) is 1. The normalized spacial score (nSPS) is 18.5. The monoisotopic (exact) mass is 310 g/mol. The molecule has 0 spiro atoms. The summed E-state index contributed by atoms with van der Waals surface area (Å²) < 4.78 is 5.31. The number of methoxy groups -OCH3 is 1. The molecule has 2 rings (SSSR count). The number of hydrogen-bond acceptors (Lipinski definition) is 3. The van der Waals surface area contributed by atoms with Gasteiger partial charge in [0.15, 0.2) is 0 Å². The number of nitrogens with one attached hydrogen (secondary N) is 1. The molecule has 4 nitrogen and oxygen atoms in total. The molecule has 1 amide bonds. The van der Waals surface area contributed by atoms with Gasteiger partial charge in [0.2, 0.25) is 5.91 Å². The Morgan fingerprint density at radius 3 is 2.90 bits per heavy atom. The van der Waals surface area contributed by atoms with E-state index in [2.05, 4.69) is 12.2 Å². The van der Waals surface area contributed by atoms with Gasteiger partial charge in [-0.25, -0.2) is 0 Å². The fourth-order valence-corrected chi connectivity index (χ4v) is 2.86. The van der Waals surface area contributed by atoms with Gasteiger partial charge in [0, 0.05) is 23.7 Å². The molecule has 1 heterocycles. The Balaban J connectivity index is 2.02. The summed E-state index contributed by atoms with van der Waals surface area (Å²) >= 11 is 6.09. The van der Waals surface area contributed by atoms with Crippen molar-refractivity contribution < 1.29 is 9.53 Å². The molecule has 116 valence electrons. The van der Waals surface area contributed by atoms with Crippen molar-refractivity contribution >= 4 is 23.2 Å².